The summed E-state index contributed by atoms with van der Waals surface area (Å²) in [5.74, 6) is 0. The number of non-ortho nitro benzene ring substituents is 1. The van der Waals surface area contributed by atoms with Crippen LogP contribution in [0.2, 0.25) is 5.02 Å². The van der Waals surface area contributed by atoms with Gasteiger partial charge in [-0.2, -0.15) is 0 Å². The molecule has 0 amide bonds. The van der Waals surface area contributed by atoms with Gasteiger partial charge >= 0.3 is 0 Å². The van der Waals surface area contributed by atoms with Crippen molar-refractivity contribution in [1.82, 2.24) is 5.32 Å². The molecule has 1 aromatic carbocycles. The number of halogens is 1. The highest BCUT2D eigenvalue weighted by Crippen LogP contribution is 2.21. The molecule has 5 nitrogen and oxygen atoms in total. The lowest BCUT2D eigenvalue weighted by Crippen LogP contribution is -2.22. The molecule has 1 rings (SSSR count). The third-order valence-corrected chi connectivity index (χ3v) is 2.25. The first-order valence-corrected chi connectivity index (χ1v) is 4.86. The summed E-state index contributed by atoms with van der Waals surface area (Å²) in [6.07, 6.45) is 0. The fourth-order valence-corrected chi connectivity index (χ4v) is 1.32. The number of nitrogens with two attached hydrogens (primary N) is 1. The number of nitrogens with zero attached hydrogens (tertiary/aromatic N) is 1. The summed E-state index contributed by atoms with van der Waals surface area (Å²) in [6, 6.07) is 4.37. The topological polar surface area (TPSA) is 81.2 Å². The van der Waals surface area contributed by atoms with Gasteiger partial charge in [-0.25, -0.2) is 0 Å². The first-order valence-electron chi connectivity index (χ1n) is 4.48. The number of nitro benzene ring substituents is 1. The molecule has 0 aliphatic rings. The van der Waals surface area contributed by atoms with Crippen molar-refractivity contribution in [3.8, 4) is 0 Å². The van der Waals surface area contributed by atoms with Crippen LogP contribution in [0.15, 0.2) is 18.2 Å². The summed E-state index contributed by atoms with van der Waals surface area (Å²) in [7, 11) is 0. The highest BCUT2D eigenvalue weighted by Gasteiger charge is 2.08. The Bertz CT molecular complexity index is 357. The minimum atomic E-state index is -0.442. The maximum atomic E-state index is 10.5. The fourth-order valence-electron chi connectivity index (χ4n) is 1.14. The molecule has 0 aliphatic heterocycles. The Morgan fingerprint density at radius 3 is 2.87 bits per heavy atom. The molecule has 3 N–H and O–H groups in total. The standard InChI is InChI=1S/C9H12ClN3O2/c10-9-2-1-8(13(14)15)5-7(9)6-12-4-3-11/h1-2,5,12H,3-4,6,11H2. The largest absolute Gasteiger partial charge is 0.329 e. The molecule has 0 radical (unpaired) electrons. The lowest BCUT2D eigenvalue weighted by Gasteiger charge is -2.05. The zero-order chi connectivity index (χ0) is 11.3. The second-order valence-corrected chi connectivity index (χ2v) is 3.41. The van der Waals surface area contributed by atoms with E-state index >= 15 is 0 Å². The van der Waals surface area contributed by atoms with Crippen LogP contribution < -0.4 is 11.1 Å². The molecule has 0 heterocycles. The van der Waals surface area contributed by atoms with Crippen molar-refractivity contribution < 1.29 is 4.92 Å². The number of rotatable bonds is 5. The minimum Gasteiger partial charge on any atom is -0.329 e. The summed E-state index contributed by atoms with van der Waals surface area (Å²) in [6.45, 7) is 1.66. The second-order valence-electron chi connectivity index (χ2n) is 3.00. The van der Waals surface area contributed by atoms with Crippen molar-refractivity contribution in [2.45, 2.75) is 6.54 Å². The van der Waals surface area contributed by atoms with Crippen LogP contribution in [0.25, 0.3) is 0 Å². The molecule has 0 bridgehead atoms. The van der Waals surface area contributed by atoms with Crippen LogP contribution in [0, 0.1) is 10.1 Å². The maximum Gasteiger partial charge on any atom is 0.269 e. The predicted molar refractivity (Wildman–Crippen MR) is 58.9 cm³/mol. The van der Waals surface area contributed by atoms with E-state index in [1.54, 1.807) is 0 Å². The average Bonchev–Trinajstić information content (AvgIpc) is 2.20. The van der Waals surface area contributed by atoms with E-state index in [-0.39, 0.29) is 5.69 Å². The number of nitrogens with one attached hydrogen (secondary N) is 1. The van der Waals surface area contributed by atoms with Gasteiger partial charge in [0, 0.05) is 36.8 Å². The molecule has 0 spiro atoms. The molecule has 0 atom stereocenters. The van der Waals surface area contributed by atoms with Crippen molar-refractivity contribution >= 4 is 17.3 Å². The van der Waals surface area contributed by atoms with Gasteiger partial charge in [0.2, 0.25) is 0 Å². The van der Waals surface area contributed by atoms with Gasteiger partial charge in [0.05, 0.1) is 4.92 Å². The van der Waals surface area contributed by atoms with Gasteiger partial charge in [0.1, 0.15) is 0 Å². The summed E-state index contributed by atoms with van der Waals surface area (Å²) in [4.78, 5) is 10.1. The smallest absolute Gasteiger partial charge is 0.269 e. The monoisotopic (exact) mass is 229 g/mol. The lowest BCUT2D eigenvalue weighted by atomic mass is 10.2. The SMILES string of the molecule is NCCNCc1cc([N+](=O)[O-])ccc1Cl. The lowest BCUT2D eigenvalue weighted by molar-refractivity contribution is -0.384. The van der Waals surface area contributed by atoms with Crippen LogP contribution in [0.4, 0.5) is 5.69 Å². The van der Waals surface area contributed by atoms with Crippen LogP contribution in [-0.2, 0) is 6.54 Å². The van der Waals surface area contributed by atoms with Gasteiger partial charge < -0.3 is 11.1 Å². The van der Waals surface area contributed by atoms with Gasteiger partial charge in [-0.15, -0.1) is 0 Å². The van der Waals surface area contributed by atoms with E-state index in [1.807, 2.05) is 0 Å². The normalized spacial score (nSPS) is 10.3. The molecule has 6 heteroatoms. The third kappa shape index (κ3) is 3.47. The molecule has 1 aromatic rings. The van der Waals surface area contributed by atoms with Gasteiger partial charge in [-0.3, -0.25) is 10.1 Å². The van der Waals surface area contributed by atoms with Crippen molar-refractivity contribution in [1.29, 1.82) is 0 Å². The van der Waals surface area contributed by atoms with E-state index < -0.39 is 4.92 Å². The van der Waals surface area contributed by atoms with Crippen LogP contribution in [0.5, 0.6) is 0 Å². The number of nitro groups is 1. The van der Waals surface area contributed by atoms with E-state index in [1.165, 1.54) is 18.2 Å². The van der Waals surface area contributed by atoms with Gasteiger partial charge in [0.15, 0.2) is 0 Å². The average molecular weight is 230 g/mol. The Balaban J connectivity index is 2.76. The fraction of sp³-hybridized carbons (Fsp3) is 0.333. The number of benzene rings is 1. The summed E-state index contributed by atoms with van der Waals surface area (Å²) in [5, 5.41) is 14.1. The molecular formula is C9H12ClN3O2. The molecule has 0 saturated heterocycles. The molecule has 0 aliphatic carbocycles. The van der Waals surface area contributed by atoms with E-state index in [9.17, 15) is 10.1 Å². The predicted octanol–water partition coefficient (Wildman–Crippen LogP) is 1.30. The first kappa shape index (κ1) is 11.9. The third-order valence-electron chi connectivity index (χ3n) is 1.88. The molecule has 0 aromatic heterocycles. The van der Waals surface area contributed by atoms with Gasteiger partial charge in [-0.05, 0) is 11.6 Å². The highest BCUT2D eigenvalue weighted by atomic mass is 35.5. The summed E-state index contributed by atoms with van der Waals surface area (Å²) >= 11 is 5.89. The second kappa shape index (κ2) is 5.65. The number of hydrogen-bond acceptors (Lipinski definition) is 4. The van der Waals surface area contributed by atoms with Crippen LogP contribution >= 0.6 is 11.6 Å². The summed E-state index contributed by atoms with van der Waals surface area (Å²) in [5.41, 5.74) is 6.06. The molecular weight excluding hydrogens is 218 g/mol. The van der Waals surface area contributed by atoms with Crippen molar-refractivity contribution in [3.05, 3.63) is 38.9 Å². The van der Waals surface area contributed by atoms with Crippen LogP contribution in [0.3, 0.4) is 0 Å². The molecule has 82 valence electrons. The van der Waals surface area contributed by atoms with Crippen LogP contribution in [0.1, 0.15) is 5.56 Å². The van der Waals surface area contributed by atoms with Gasteiger partial charge in [-0.1, -0.05) is 11.6 Å². The Hall–Kier alpha value is -1.17. The Labute approximate surface area is 92.4 Å². The quantitative estimate of drug-likeness (QED) is 0.453. The number of hydrogen-bond donors (Lipinski definition) is 2. The Morgan fingerprint density at radius 1 is 1.53 bits per heavy atom. The maximum absolute atomic E-state index is 10.5. The molecule has 0 unspecified atom stereocenters. The Kier molecular flexibility index (Phi) is 4.48. The first-order chi connectivity index (χ1) is 7.15. The van der Waals surface area contributed by atoms with Crippen molar-refractivity contribution in [2.24, 2.45) is 5.73 Å². The van der Waals surface area contributed by atoms with Crippen LogP contribution in [-0.4, -0.2) is 18.0 Å². The highest BCUT2D eigenvalue weighted by molar-refractivity contribution is 6.31. The minimum absolute atomic E-state index is 0.0453. The zero-order valence-corrected chi connectivity index (χ0v) is 8.83. The van der Waals surface area contributed by atoms with E-state index in [0.29, 0.717) is 30.2 Å². The molecule has 0 fully saturated rings. The zero-order valence-electron chi connectivity index (χ0n) is 8.07. The van der Waals surface area contributed by atoms with E-state index in [0.717, 1.165) is 0 Å². The van der Waals surface area contributed by atoms with Gasteiger partial charge in [0.25, 0.3) is 5.69 Å². The van der Waals surface area contributed by atoms with Crippen molar-refractivity contribution in [2.75, 3.05) is 13.1 Å². The van der Waals surface area contributed by atoms with E-state index in [2.05, 4.69) is 5.32 Å². The molecule has 0 saturated carbocycles. The Morgan fingerprint density at radius 2 is 2.27 bits per heavy atom. The molecule has 15 heavy (non-hydrogen) atoms. The van der Waals surface area contributed by atoms with Crippen molar-refractivity contribution in [3.63, 3.8) is 0 Å². The summed E-state index contributed by atoms with van der Waals surface area (Å²) < 4.78 is 0. The van der Waals surface area contributed by atoms with E-state index in [4.69, 9.17) is 17.3 Å².